The van der Waals surface area contributed by atoms with Gasteiger partial charge in [0.25, 0.3) is 5.69 Å². The van der Waals surface area contributed by atoms with Crippen molar-refractivity contribution >= 4 is 13.5 Å². The van der Waals surface area contributed by atoms with E-state index in [1.807, 2.05) is 50.3 Å². The minimum absolute atomic E-state index is 0.116. The van der Waals surface area contributed by atoms with E-state index < -0.39 is 0 Å². The zero-order valence-corrected chi connectivity index (χ0v) is 14.3. The normalized spacial score (nSPS) is 11.3. The molecule has 0 spiro atoms. The second kappa shape index (κ2) is 8.95. The first-order valence-electron chi connectivity index (χ1n) is 7.34. The van der Waals surface area contributed by atoms with Crippen molar-refractivity contribution in [1.82, 2.24) is 4.90 Å². The minimum atomic E-state index is -0.387. The lowest BCUT2D eigenvalue weighted by Gasteiger charge is -2.12. The second-order valence-corrected chi connectivity index (χ2v) is 5.69. The molecular formula is C17H23BN2O3. The van der Waals surface area contributed by atoms with Gasteiger partial charge in [-0.05, 0) is 50.2 Å². The fraction of sp³-hybridized carbons (Fsp3) is 0.294. The van der Waals surface area contributed by atoms with Crippen LogP contribution in [0.3, 0.4) is 0 Å². The molecular weight excluding hydrogens is 291 g/mol. The standard InChI is InChI=1S/C14H14BNO3.C3H9N/c1-19-13-8-4-11(5-9-13)14(15)10-2-6-12(7-3-10)16(17)18;1-4(2)3/h2-9,14H,15H2,1H3;1-3H3. The van der Waals surface area contributed by atoms with Crippen molar-refractivity contribution in [3.63, 3.8) is 0 Å². The first kappa shape index (κ1) is 18.7. The van der Waals surface area contributed by atoms with Crippen LogP contribution in [0.2, 0.25) is 0 Å². The highest BCUT2D eigenvalue weighted by Gasteiger charge is 2.11. The van der Waals surface area contributed by atoms with Gasteiger partial charge in [-0.25, -0.2) is 0 Å². The zero-order valence-electron chi connectivity index (χ0n) is 14.3. The maximum atomic E-state index is 10.6. The zero-order chi connectivity index (χ0) is 17.4. The molecule has 0 aromatic heterocycles. The molecule has 23 heavy (non-hydrogen) atoms. The summed E-state index contributed by atoms with van der Waals surface area (Å²) in [5.41, 5.74) is 2.32. The van der Waals surface area contributed by atoms with Gasteiger partial charge in [-0.3, -0.25) is 10.1 Å². The van der Waals surface area contributed by atoms with Crippen molar-refractivity contribution in [2.24, 2.45) is 0 Å². The molecule has 5 nitrogen and oxygen atoms in total. The molecule has 0 fully saturated rings. The Kier molecular flexibility index (Phi) is 7.28. The SMILES string of the molecule is BC(c1ccc(OC)cc1)c1ccc([N+](=O)[O-])cc1.CN(C)C. The number of methoxy groups -OCH3 is 1. The largest absolute Gasteiger partial charge is 0.497 e. The summed E-state index contributed by atoms with van der Waals surface area (Å²) >= 11 is 0. The lowest BCUT2D eigenvalue weighted by atomic mass is 9.76. The van der Waals surface area contributed by atoms with Gasteiger partial charge in [-0.2, -0.15) is 0 Å². The van der Waals surface area contributed by atoms with Crippen molar-refractivity contribution in [2.45, 2.75) is 5.82 Å². The molecule has 2 aromatic carbocycles. The van der Waals surface area contributed by atoms with Crippen LogP contribution < -0.4 is 4.74 Å². The molecule has 122 valence electrons. The summed E-state index contributed by atoms with van der Waals surface area (Å²) in [5.74, 6) is 1.01. The predicted octanol–water partition coefficient (Wildman–Crippen LogP) is 2.50. The Bertz CT molecular complexity index is 610. The van der Waals surface area contributed by atoms with Crippen molar-refractivity contribution < 1.29 is 9.66 Å². The molecule has 0 amide bonds. The van der Waals surface area contributed by atoms with Crippen LogP contribution in [0.4, 0.5) is 5.69 Å². The molecule has 0 saturated heterocycles. The van der Waals surface area contributed by atoms with Gasteiger partial charge in [0.1, 0.15) is 13.6 Å². The fourth-order valence-corrected chi connectivity index (χ4v) is 1.97. The third kappa shape index (κ3) is 6.12. The molecule has 1 atom stereocenters. The fourth-order valence-electron chi connectivity index (χ4n) is 1.97. The number of rotatable bonds is 4. The Hall–Kier alpha value is -2.34. The van der Waals surface area contributed by atoms with E-state index in [9.17, 15) is 10.1 Å². The lowest BCUT2D eigenvalue weighted by molar-refractivity contribution is -0.384. The number of nitro groups is 1. The van der Waals surface area contributed by atoms with Crippen LogP contribution in [0.5, 0.6) is 5.75 Å². The van der Waals surface area contributed by atoms with E-state index in [0.29, 0.717) is 0 Å². The highest BCUT2D eigenvalue weighted by atomic mass is 16.6. The quantitative estimate of drug-likeness (QED) is 0.494. The van der Waals surface area contributed by atoms with Crippen LogP contribution in [0.25, 0.3) is 0 Å². The molecule has 2 aromatic rings. The van der Waals surface area contributed by atoms with Gasteiger partial charge >= 0.3 is 0 Å². The monoisotopic (exact) mass is 314 g/mol. The molecule has 0 aliphatic heterocycles. The summed E-state index contributed by atoms with van der Waals surface area (Å²) in [4.78, 5) is 12.2. The van der Waals surface area contributed by atoms with E-state index in [4.69, 9.17) is 4.74 Å². The number of hydrogen-bond acceptors (Lipinski definition) is 4. The van der Waals surface area contributed by atoms with Crippen LogP contribution in [0.15, 0.2) is 48.5 Å². The van der Waals surface area contributed by atoms with E-state index in [1.54, 1.807) is 19.2 Å². The smallest absolute Gasteiger partial charge is 0.269 e. The Balaban J connectivity index is 0.000000593. The first-order chi connectivity index (χ1) is 10.8. The van der Waals surface area contributed by atoms with Crippen LogP contribution in [0.1, 0.15) is 16.9 Å². The van der Waals surface area contributed by atoms with E-state index >= 15 is 0 Å². The van der Waals surface area contributed by atoms with Crippen molar-refractivity contribution in [3.05, 3.63) is 69.8 Å². The molecule has 0 aliphatic rings. The molecule has 0 heterocycles. The van der Waals surface area contributed by atoms with Crippen molar-refractivity contribution in [3.8, 4) is 5.75 Å². The van der Waals surface area contributed by atoms with Crippen LogP contribution in [-0.2, 0) is 0 Å². The van der Waals surface area contributed by atoms with Gasteiger partial charge in [0.15, 0.2) is 0 Å². The predicted molar refractivity (Wildman–Crippen MR) is 96.1 cm³/mol. The average molecular weight is 314 g/mol. The van der Waals surface area contributed by atoms with Gasteiger partial charge in [0, 0.05) is 12.1 Å². The van der Waals surface area contributed by atoms with Crippen molar-refractivity contribution in [2.75, 3.05) is 28.3 Å². The lowest BCUT2D eigenvalue weighted by Crippen LogP contribution is -2.00. The molecule has 0 radical (unpaired) electrons. The maximum Gasteiger partial charge on any atom is 0.269 e. The van der Waals surface area contributed by atoms with Crippen LogP contribution in [0, 0.1) is 10.1 Å². The topological polar surface area (TPSA) is 55.6 Å². The van der Waals surface area contributed by atoms with E-state index in [-0.39, 0.29) is 16.4 Å². The summed E-state index contributed by atoms with van der Waals surface area (Å²) in [5, 5.41) is 10.6. The number of non-ortho nitro benzene ring substituents is 1. The number of benzene rings is 2. The van der Waals surface area contributed by atoms with Gasteiger partial charge in [-0.15, -0.1) is 0 Å². The Morgan fingerprint density at radius 3 is 1.74 bits per heavy atom. The minimum Gasteiger partial charge on any atom is -0.497 e. The Morgan fingerprint density at radius 1 is 1.00 bits per heavy atom. The van der Waals surface area contributed by atoms with Gasteiger partial charge in [0.2, 0.25) is 0 Å². The Morgan fingerprint density at radius 2 is 1.39 bits per heavy atom. The third-order valence-corrected chi connectivity index (χ3v) is 3.22. The third-order valence-electron chi connectivity index (χ3n) is 3.22. The van der Waals surface area contributed by atoms with Crippen LogP contribution in [-0.4, -0.2) is 45.9 Å². The highest BCUT2D eigenvalue weighted by molar-refractivity contribution is 6.14. The van der Waals surface area contributed by atoms with E-state index in [2.05, 4.69) is 7.85 Å². The summed E-state index contributed by atoms with van der Waals surface area (Å²) in [6, 6.07) is 14.5. The summed E-state index contributed by atoms with van der Waals surface area (Å²) in [6.45, 7) is 0. The van der Waals surface area contributed by atoms with E-state index in [0.717, 1.165) is 16.9 Å². The summed E-state index contributed by atoms with van der Waals surface area (Å²) in [7, 11) is 9.71. The summed E-state index contributed by atoms with van der Waals surface area (Å²) in [6.07, 6.45) is 0. The van der Waals surface area contributed by atoms with Gasteiger partial charge < -0.3 is 9.64 Å². The Labute approximate surface area is 138 Å². The maximum absolute atomic E-state index is 10.6. The highest BCUT2D eigenvalue weighted by Crippen LogP contribution is 2.25. The molecule has 0 saturated carbocycles. The summed E-state index contributed by atoms with van der Waals surface area (Å²) < 4.78 is 5.12. The average Bonchev–Trinajstić information content (AvgIpc) is 2.54. The van der Waals surface area contributed by atoms with Crippen molar-refractivity contribution in [1.29, 1.82) is 0 Å². The number of nitro benzene ring substituents is 1. The second-order valence-electron chi connectivity index (χ2n) is 5.69. The molecule has 0 bridgehead atoms. The van der Waals surface area contributed by atoms with Crippen LogP contribution >= 0.6 is 0 Å². The molecule has 6 heteroatoms. The molecule has 1 unspecified atom stereocenters. The number of ether oxygens (including phenoxy) is 1. The number of nitrogens with zero attached hydrogens (tertiary/aromatic N) is 2. The molecule has 0 aliphatic carbocycles. The molecule has 0 N–H and O–H groups in total. The first-order valence-corrected chi connectivity index (χ1v) is 7.34. The van der Waals surface area contributed by atoms with Gasteiger partial charge in [-0.1, -0.05) is 24.3 Å². The number of hydrogen-bond donors (Lipinski definition) is 0. The molecule has 2 rings (SSSR count). The van der Waals surface area contributed by atoms with E-state index in [1.165, 1.54) is 12.1 Å². The van der Waals surface area contributed by atoms with Gasteiger partial charge in [0.05, 0.1) is 12.0 Å².